The maximum absolute atomic E-state index is 12.7. The van der Waals surface area contributed by atoms with E-state index in [9.17, 15) is 9.59 Å². The third kappa shape index (κ3) is 4.20. The molecular formula is C22H24N6O3. The summed E-state index contributed by atoms with van der Waals surface area (Å²) in [4.78, 5) is 29.4. The van der Waals surface area contributed by atoms with Crippen LogP contribution >= 0.6 is 0 Å². The first-order valence-electron chi connectivity index (χ1n) is 10.1. The molecule has 0 fully saturated rings. The number of carbonyl (C=O) groups is 1. The number of nitrogens with zero attached hydrogens (tertiary/aromatic N) is 4. The number of aryl methyl sites for hydroxylation is 2. The van der Waals surface area contributed by atoms with Gasteiger partial charge in [-0.15, -0.1) is 0 Å². The Balaban J connectivity index is 1.36. The highest BCUT2D eigenvalue weighted by Gasteiger charge is 2.13. The van der Waals surface area contributed by atoms with Crippen molar-refractivity contribution in [1.82, 2.24) is 29.6 Å². The maximum Gasteiger partial charge on any atom is 0.329 e. The standard InChI is InChI=1S/C22H24N6O3/c1-3-27-17-6-4-5-7-18(17)28(22(27)30)13-12-20(29)23-14-19-24-21(26-25-19)15-8-10-16(31-2)11-9-15/h4-11H,3,12-14H2,1-2H3,(H,23,29)(H,24,25,26). The molecule has 2 aromatic carbocycles. The van der Waals surface area contributed by atoms with Crippen LogP contribution in [0.1, 0.15) is 19.2 Å². The Bertz CT molecular complexity index is 1250. The van der Waals surface area contributed by atoms with Gasteiger partial charge in [0.15, 0.2) is 5.82 Å². The zero-order valence-electron chi connectivity index (χ0n) is 17.5. The summed E-state index contributed by atoms with van der Waals surface area (Å²) >= 11 is 0. The second-order valence-electron chi connectivity index (χ2n) is 7.03. The van der Waals surface area contributed by atoms with Crippen LogP contribution in [0, 0.1) is 0 Å². The van der Waals surface area contributed by atoms with Gasteiger partial charge in [-0.2, -0.15) is 5.10 Å². The second kappa shape index (κ2) is 8.86. The molecule has 0 saturated heterocycles. The van der Waals surface area contributed by atoms with Crippen LogP contribution in [0.2, 0.25) is 0 Å². The molecule has 4 aromatic rings. The summed E-state index contributed by atoms with van der Waals surface area (Å²) < 4.78 is 8.51. The minimum absolute atomic E-state index is 0.101. The number of aromatic amines is 1. The Morgan fingerprint density at radius 3 is 2.48 bits per heavy atom. The van der Waals surface area contributed by atoms with Crippen molar-refractivity contribution in [3.63, 3.8) is 0 Å². The molecule has 0 aliphatic rings. The zero-order valence-corrected chi connectivity index (χ0v) is 17.5. The lowest BCUT2D eigenvalue weighted by Gasteiger charge is -2.04. The molecule has 160 valence electrons. The van der Waals surface area contributed by atoms with E-state index in [0.29, 0.717) is 24.7 Å². The van der Waals surface area contributed by atoms with Crippen LogP contribution in [0.5, 0.6) is 5.75 Å². The molecule has 2 heterocycles. The number of aromatic nitrogens is 5. The van der Waals surface area contributed by atoms with Gasteiger partial charge in [-0.1, -0.05) is 12.1 Å². The molecule has 2 aromatic heterocycles. The summed E-state index contributed by atoms with van der Waals surface area (Å²) in [6.07, 6.45) is 0.192. The van der Waals surface area contributed by atoms with Crippen LogP contribution in [0.25, 0.3) is 22.4 Å². The Morgan fingerprint density at radius 1 is 1.10 bits per heavy atom. The van der Waals surface area contributed by atoms with Gasteiger partial charge in [0.05, 0.1) is 24.7 Å². The summed E-state index contributed by atoms with van der Waals surface area (Å²) in [7, 11) is 1.61. The van der Waals surface area contributed by atoms with Crippen LogP contribution in [0.3, 0.4) is 0 Å². The number of fused-ring (bicyclic) bond motifs is 1. The first-order chi connectivity index (χ1) is 15.1. The molecule has 0 saturated carbocycles. The highest BCUT2D eigenvalue weighted by Crippen LogP contribution is 2.19. The van der Waals surface area contributed by atoms with Gasteiger partial charge in [0.1, 0.15) is 11.6 Å². The molecule has 0 aliphatic carbocycles. The number of hydrogen-bond acceptors (Lipinski definition) is 5. The van der Waals surface area contributed by atoms with Crippen LogP contribution < -0.4 is 15.7 Å². The van der Waals surface area contributed by atoms with E-state index in [0.717, 1.165) is 22.3 Å². The van der Waals surface area contributed by atoms with Crippen LogP contribution in [0.15, 0.2) is 53.3 Å². The van der Waals surface area contributed by atoms with Gasteiger partial charge in [0, 0.05) is 25.1 Å². The van der Waals surface area contributed by atoms with Gasteiger partial charge in [-0.05, 0) is 43.3 Å². The van der Waals surface area contributed by atoms with Crippen LogP contribution in [-0.4, -0.2) is 37.3 Å². The fourth-order valence-corrected chi connectivity index (χ4v) is 3.52. The molecule has 0 atom stereocenters. The first-order valence-corrected chi connectivity index (χ1v) is 10.1. The average molecular weight is 420 g/mol. The predicted octanol–water partition coefficient (Wildman–Crippen LogP) is 2.32. The Morgan fingerprint density at radius 2 is 1.81 bits per heavy atom. The summed E-state index contributed by atoms with van der Waals surface area (Å²) in [5.41, 5.74) is 2.46. The van der Waals surface area contributed by atoms with E-state index in [-0.39, 0.29) is 24.6 Å². The second-order valence-corrected chi connectivity index (χ2v) is 7.03. The lowest BCUT2D eigenvalue weighted by atomic mass is 10.2. The molecule has 4 rings (SSSR count). The fraction of sp³-hybridized carbons (Fsp3) is 0.273. The molecule has 9 heteroatoms. The number of nitrogens with one attached hydrogen (secondary N) is 2. The van der Waals surface area contributed by atoms with Gasteiger partial charge in [0.25, 0.3) is 0 Å². The minimum Gasteiger partial charge on any atom is -0.497 e. The van der Waals surface area contributed by atoms with E-state index >= 15 is 0 Å². The SMILES string of the molecule is CCn1c(=O)n(CCC(=O)NCc2nc(-c3ccc(OC)cc3)n[nH]2)c2ccccc21. The fourth-order valence-electron chi connectivity index (χ4n) is 3.52. The van der Waals surface area contributed by atoms with Crippen molar-refractivity contribution < 1.29 is 9.53 Å². The highest BCUT2D eigenvalue weighted by molar-refractivity contribution is 5.78. The molecule has 0 radical (unpaired) electrons. The quantitative estimate of drug-likeness (QED) is 0.455. The van der Waals surface area contributed by atoms with Gasteiger partial charge >= 0.3 is 5.69 Å². The molecule has 0 spiro atoms. The average Bonchev–Trinajstić information content (AvgIpc) is 3.38. The van der Waals surface area contributed by atoms with Crippen LogP contribution in [-0.2, 0) is 24.4 Å². The van der Waals surface area contributed by atoms with Gasteiger partial charge in [-0.3, -0.25) is 19.0 Å². The summed E-state index contributed by atoms with van der Waals surface area (Å²) in [5.74, 6) is 1.69. The number of imidazole rings is 1. The Labute approximate surface area is 178 Å². The van der Waals surface area contributed by atoms with Crippen molar-refractivity contribution in [2.24, 2.45) is 0 Å². The van der Waals surface area contributed by atoms with Crippen molar-refractivity contribution in [1.29, 1.82) is 0 Å². The monoisotopic (exact) mass is 420 g/mol. The minimum atomic E-state index is -0.164. The van der Waals surface area contributed by atoms with Crippen molar-refractivity contribution in [2.75, 3.05) is 7.11 Å². The number of benzene rings is 2. The van der Waals surface area contributed by atoms with Crippen molar-refractivity contribution >= 4 is 16.9 Å². The molecule has 9 nitrogen and oxygen atoms in total. The lowest BCUT2D eigenvalue weighted by Crippen LogP contribution is -2.28. The third-order valence-electron chi connectivity index (χ3n) is 5.14. The topological polar surface area (TPSA) is 107 Å². The molecule has 0 bridgehead atoms. The summed E-state index contributed by atoms with van der Waals surface area (Å²) in [6.45, 7) is 3.06. The van der Waals surface area contributed by atoms with Gasteiger partial charge in [-0.25, -0.2) is 9.78 Å². The van der Waals surface area contributed by atoms with Crippen LogP contribution in [0.4, 0.5) is 0 Å². The number of para-hydroxylation sites is 2. The summed E-state index contributed by atoms with van der Waals surface area (Å²) in [6, 6.07) is 15.0. The van der Waals surface area contributed by atoms with E-state index in [2.05, 4.69) is 20.5 Å². The number of ether oxygens (including phenoxy) is 1. The summed E-state index contributed by atoms with van der Waals surface area (Å²) in [5, 5.41) is 9.86. The highest BCUT2D eigenvalue weighted by atomic mass is 16.5. The number of amides is 1. The number of H-pyrrole nitrogens is 1. The van der Waals surface area contributed by atoms with Crippen molar-refractivity contribution in [2.45, 2.75) is 33.0 Å². The molecule has 1 amide bonds. The largest absolute Gasteiger partial charge is 0.497 e. The number of rotatable bonds is 8. The third-order valence-corrected chi connectivity index (χ3v) is 5.14. The van der Waals surface area contributed by atoms with E-state index < -0.39 is 0 Å². The Kier molecular flexibility index (Phi) is 5.83. The number of hydrogen-bond donors (Lipinski definition) is 2. The predicted molar refractivity (Wildman–Crippen MR) is 117 cm³/mol. The lowest BCUT2D eigenvalue weighted by molar-refractivity contribution is -0.121. The molecule has 2 N–H and O–H groups in total. The van der Waals surface area contributed by atoms with Gasteiger partial charge < -0.3 is 10.1 Å². The van der Waals surface area contributed by atoms with E-state index in [4.69, 9.17) is 4.74 Å². The molecular weight excluding hydrogens is 396 g/mol. The zero-order chi connectivity index (χ0) is 21.8. The van der Waals surface area contributed by atoms with E-state index in [1.807, 2.05) is 55.5 Å². The maximum atomic E-state index is 12.7. The number of carbonyl (C=O) groups excluding carboxylic acids is 1. The van der Waals surface area contributed by atoms with Gasteiger partial charge in [0.2, 0.25) is 5.91 Å². The molecule has 31 heavy (non-hydrogen) atoms. The van der Waals surface area contributed by atoms with E-state index in [1.54, 1.807) is 16.2 Å². The molecule has 0 unspecified atom stereocenters. The normalized spacial score (nSPS) is 11.0. The molecule has 0 aliphatic heterocycles. The van der Waals surface area contributed by atoms with E-state index in [1.165, 1.54) is 0 Å². The van der Waals surface area contributed by atoms with Crippen molar-refractivity contribution in [3.05, 3.63) is 64.8 Å². The number of methoxy groups -OCH3 is 1. The van der Waals surface area contributed by atoms with Crippen molar-refractivity contribution in [3.8, 4) is 17.1 Å². The smallest absolute Gasteiger partial charge is 0.329 e. The first kappa shape index (κ1) is 20.4. The Hall–Kier alpha value is -3.88.